The van der Waals surface area contributed by atoms with Gasteiger partial charge >= 0.3 is 0 Å². The monoisotopic (exact) mass is 825 g/mol. The van der Waals surface area contributed by atoms with Crippen LogP contribution in [0.2, 0.25) is 0 Å². The van der Waals surface area contributed by atoms with Crippen molar-refractivity contribution in [2.45, 2.75) is 12.2 Å². The van der Waals surface area contributed by atoms with Crippen LogP contribution in [0.5, 0.6) is 0 Å². The van der Waals surface area contributed by atoms with Gasteiger partial charge in [0.25, 0.3) is 17.7 Å². The second-order valence-corrected chi connectivity index (χ2v) is 10.3. The Labute approximate surface area is 236 Å². The fraction of sp³-hybridized carbons (Fsp3) is 0.500. The largest absolute Gasteiger partial charge is 0.394 e. The van der Waals surface area contributed by atoms with Crippen LogP contribution in [-0.4, -0.2) is 102 Å². The Morgan fingerprint density at radius 2 is 1.58 bits per heavy atom. The number of hydrogen-bond acceptors (Lipinski definition) is 8. The van der Waals surface area contributed by atoms with Gasteiger partial charge in [0.05, 0.1) is 55.9 Å². The molecule has 11 nitrogen and oxygen atoms in total. The molecule has 186 valence electrons. The number of aliphatic hydroxyl groups is 4. The SMILES string of the molecule is COCC(=O)N(C)c1c(I)c(C(=O)NCC(O)CO)c(I)c(C(=O)N(Cl)CC(O)CO)c1I. The lowest BCUT2D eigenvalue weighted by molar-refractivity contribution is -0.121. The molecule has 2 atom stereocenters. The molecule has 15 heteroatoms. The summed E-state index contributed by atoms with van der Waals surface area (Å²) in [6.07, 6.45) is -2.46. The van der Waals surface area contributed by atoms with Crippen LogP contribution >= 0.6 is 79.5 Å². The smallest absolute Gasteiger partial charge is 0.270 e. The van der Waals surface area contributed by atoms with Crippen molar-refractivity contribution in [2.24, 2.45) is 0 Å². The maximum absolute atomic E-state index is 13.2. The first-order valence-electron chi connectivity index (χ1n) is 9.22. The first-order chi connectivity index (χ1) is 15.4. The zero-order valence-electron chi connectivity index (χ0n) is 17.5. The van der Waals surface area contributed by atoms with Crippen LogP contribution in [0.4, 0.5) is 5.69 Å². The summed E-state index contributed by atoms with van der Waals surface area (Å²) in [7, 11) is 2.82. The highest BCUT2D eigenvalue weighted by molar-refractivity contribution is 14.1. The van der Waals surface area contributed by atoms with Gasteiger partial charge in [-0.15, -0.1) is 0 Å². The second-order valence-electron chi connectivity index (χ2n) is 6.66. The summed E-state index contributed by atoms with van der Waals surface area (Å²) in [5.41, 5.74) is 0.337. The lowest BCUT2D eigenvalue weighted by Crippen LogP contribution is -2.38. The van der Waals surface area contributed by atoms with Crippen molar-refractivity contribution in [3.05, 3.63) is 21.8 Å². The van der Waals surface area contributed by atoms with Crippen molar-refractivity contribution in [2.75, 3.05) is 52.0 Å². The summed E-state index contributed by atoms with van der Waals surface area (Å²) in [4.78, 5) is 39.9. The molecule has 0 spiro atoms. The highest BCUT2D eigenvalue weighted by Crippen LogP contribution is 2.38. The number of aliphatic hydroxyl groups excluding tert-OH is 4. The second kappa shape index (κ2) is 14.5. The van der Waals surface area contributed by atoms with Crippen LogP contribution in [0.3, 0.4) is 0 Å². The van der Waals surface area contributed by atoms with Gasteiger partial charge in [-0.2, -0.15) is 0 Å². The number of ether oxygens (including phenoxy) is 1. The van der Waals surface area contributed by atoms with Gasteiger partial charge < -0.3 is 35.4 Å². The molecule has 2 unspecified atom stereocenters. The van der Waals surface area contributed by atoms with Crippen LogP contribution in [0, 0.1) is 10.7 Å². The number of methoxy groups -OCH3 is 1. The molecular formula is C18H23ClI3N3O8. The van der Waals surface area contributed by atoms with Crippen molar-refractivity contribution < 1.29 is 39.5 Å². The van der Waals surface area contributed by atoms with E-state index in [0.717, 1.165) is 0 Å². The zero-order valence-corrected chi connectivity index (χ0v) is 24.7. The molecular weight excluding hydrogens is 802 g/mol. The number of halogens is 4. The third-order valence-corrected chi connectivity index (χ3v) is 7.69. The molecule has 0 aliphatic carbocycles. The van der Waals surface area contributed by atoms with Crippen molar-refractivity contribution in [1.29, 1.82) is 0 Å². The molecule has 1 rings (SSSR count). The van der Waals surface area contributed by atoms with Crippen molar-refractivity contribution in [3.63, 3.8) is 0 Å². The molecule has 0 aliphatic rings. The molecule has 0 saturated heterocycles. The number of hydrogen-bond donors (Lipinski definition) is 5. The van der Waals surface area contributed by atoms with Crippen LogP contribution < -0.4 is 10.2 Å². The van der Waals surface area contributed by atoms with Crippen LogP contribution in [-0.2, 0) is 9.53 Å². The Balaban J connectivity index is 3.69. The summed E-state index contributed by atoms with van der Waals surface area (Å²) in [5.74, 6) is -1.84. The predicted octanol–water partition coefficient (Wildman–Crippen LogP) is 0.142. The van der Waals surface area contributed by atoms with Crippen LogP contribution in [0.15, 0.2) is 0 Å². The number of anilines is 1. The number of amides is 3. The van der Waals surface area contributed by atoms with Crippen LogP contribution in [0.25, 0.3) is 0 Å². The average molecular weight is 826 g/mol. The molecule has 0 aromatic heterocycles. The normalized spacial score (nSPS) is 12.8. The highest BCUT2D eigenvalue weighted by Gasteiger charge is 2.32. The number of carbonyl (C=O) groups excluding carboxylic acids is 3. The summed E-state index contributed by atoms with van der Waals surface area (Å²) in [5, 5.41) is 39.8. The third kappa shape index (κ3) is 7.95. The molecule has 3 amide bonds. The van der Waals surface area contributed by atoms with E-state index < -0.39 is 43.1 Å². The standard InChI is InChI=1S/C18H23ClI3N3O8/c1-24(10(30)7-33-2)16-14(21)11(17(31)23-3-8(28)5-26)13(20)12(15(16)22)18(32)25(19)4-9(29)6-27/h8-9,26-29H,3-7H2,1-2H3,(H,23,31). The summed E-state index contributed by atoms with van der Waals surface area (Å²) in [6, 6.07) is 0. The van der Waals surface area contributed by atoms with E-state index in [4.69, 9.17) is 26.7 Å². The lowest BCUT2D eigenvalue weighted by atomic mass is 10.1. The Hall–Kier alpha value is -0.0900. The molecule has 0 bridgehead atoms. The van der Waals surface area contributed by atoms with E-state index in [1.165, 1.54) is 19.1 Å². The first-order valence-corrected chi connectivity index (χ1v) is 12.8. The summed E-state index contributed by atoms with van der Waals surface area (Å²) >= 11 is 11.6. The van der Waals surface area contributed by atoms with Gasteiger partial charge in [-0.05, 0) is 67.8 Å². The quantitative estimate of drug-likeness (QED) is 0.156. The van der Waals surface area contributed by atoms with Crippen molar-refractivity contribution in [1.82, 2.24) is 9.74 Å². The van der Waals surface area contributed by atoms with Gasteiger partial charge in [-0.25, -0.2) is 4.42 Å². The number of benzene rings is 1. The Bertz CT molecular complexity index is 892. The molecule has 0 fully saturated rings. The van der Waals surface area contributed by atoms with Gasteiger partial charge in [0, 0.05) is 36.0 Å². The van der Waals surface area contributed by atoms with Gasteiger partial charge in [0.15, 0.2) is 0 Å². The number of carbonyl (C=O) groups is 3. The third-order valence-electron chi connectivity index (χ3n) is 4.22. The molecule has 0 heterocycles. The Kier molecular flexibility index (Phi) is 13.6. The molecule has 0 saturated carbocycles. The minimum atomic E-state index is -1.28. The highest BCUT2D eigenvalue weighted by atomic mass is 127. The molecule has 1 aromatic rings. The van der Waals surface area contributed by atoms with Crippen molar-refractivity contribution in [3.8, 4) is 0 Å². The van der Waals surface area contributed by atoms with Gasteiger partial charge in [0.1, 0.15) is 6.61 Å². The molecule has 0 radical (unpaired) electrons. The number of likely N-dealkylation sites (N-methyl/N-ethyl adjacent to an activating group) is 1. The molecule has 1 aromatic carbocycles. The van der Waals surface area contributed by atoms with Gasteiger partial charge in [0.2, 0.25) is 0 Å². The summed E-state index contributed by atoms with van der Waals surface area (Å²) < 4.78 is 6.50. The van der Waals surface area contributed by atoms with Crippen LogP contribution in [0.1, 0.15) is 20.7 Å². The minimum absolute atomic E-state index is 0.0108. The average Bonchev–Trinajstić information content (AvgIpc) is 2.76. The van der Waals surface area contributed by atoms with Crippen molar-refractivity contribution >= 4 is 103 Å². The van der Waals surface area contributed by atoms with E-state index in [1.54, 1.807) is 0 Å². The maximum atomic E-state index is 13.2. The molecule has 33 heavy (non-hydrogen) atoms. The number of nitrogens with one attached hydrogen (secondary N) is 1. The lowest BCUT2D eigenvalue weighted by Gasteiger charge is -2.26. The van der Waals surface area contributed by atoms with E-state index in [2.05, 4.69) is 5.32 Å². The Morgan fingerprint density at radius 1 is 1.03 bits per heavy atom. The zero-order chi connectivity index (χ0) is 25.5. The van der Waals surface area contributed by atoms with Gasteiger partial charge in [-0.1, -0.05) is 0 Å². The minimum Gasteiger partial charge on any atom is -0.394 e. The van der Waals surface area contributed by atoms with E-state index in [0.29, 0.717) is 11.6 Å². The number of rotatable bonds is 11. The first kappa shape index (κ1) is 30.9. The van der Waals surface area contributed by atoms with E-state index in [1.807, 2.05) is 67.8 Å². The Morgan fingerprint density at radius 3 is 2.09 bits per heavy atom. The fourth-order valence-electron chi connectivity index (χ4n) is 2.49. The fourth-order valence-corrected chi connectivity index (χ4v) is 7.57. The topological polar surface area (TPSA) is 160 Å². The van der Waals surface area contributed by atoms with E-state index in [9.17, 15) is 24.6 Å². The van der Waals surface area contributed by atoms with Gasteiger partial charge in [-0.3, -0.25) is 14.4 Å². The molecule has 5 N–H and O–H groups in total. The molecule has 0 aliphatic heterocycles. The predicted molar refractivity (Wildman–Crippen MR) is 145 cm³/mol. The van der Waals surface area contributed by atoms with E-state index in [-0.39, 0.29) is 40.1 Å². The maximum Gasteiger partial charge on any atom is 0.270 e. The number of nitrogens with zero attached hydrogens (tertiary/aromatic N) is 2. The van der Waals surface area contributed by atoms with E-state index >= 15 is 0 Å². The summed E-state index contributed by atoms with van der Waals surface area (Å²) in [6.45, 7) is -2.04.